The SMILES string of the molecule is Cc1cccc(Cn2nccc2Br)c1. The Morgan fingerprint density at radius 2 is 2.21 bits per heavy atom. The highest BCUT2D eigenvalue weighted by Gasteiger charge is 1.99. The molecule has 72 valence electrons. The lowest BCUT2D eigenvalue weighted by Crippen LogP contribution is -2.01. The van der Waals surface area contributed by atoms with Gasteiger partial charge in [-0.2, -0.15) is 5.10 Å². The molecule has 0 amide bonds. The first-order chi connectivity index (χ1) is 6.75. The first-order valence-corrected chi connectivity index (χ1v) is 5.28. The molecule has 2 nitrogen and oxygen atoms in total. The van der Waals surface area contributed by atoms with E-state index in [1.165, 1.54) is 11.1 Å². The van der Waals surface area contributed by atoms with Crippen LogP contribution in [0.15, 0.2) is 41.1 Å². The minimum absolute atomic E-state index is 0.815. The minimum atomic E-state index is 0.815. The lowest BCUT2D eigenvalue weighted by Gasteiger charge is -2.04. The first kappa shape index (κ1) is 9.46. The Kier molecular flexibility index (Phi) is 2.68. The highest BCUT2D eigenvalue weighted by atomic mass is 79.9. The molecular formula is C11H11BrN2. The zero-order valence-electron chi connectivity index (χ0n) is 7.94. The molecule has 1 heterocycles. The Hall–Kier alpha value is -1.09. The van der Waals surface area contributed by atoms with Crippen LogP contribution in [0.25, 0.3) is 0 Å². The van der Waals surface area contributed by atoms with Crippen LogP contribution in [0.5, 0.6) is 0 Å². The second-order valence-corrected chi connectivity index (χ2v) is 4.11. The van der Waals surface area contributed by atoms with E-state index in [0.717, 1.165) is 11.1 Å². The Morgan fingerprint density at radius 1 is 1.36 bits per heavy atom. The Bertz CT molecular complexity index is 434. The van der Waals surface area contributed by atoms with Gasteiger partial charge in [-0.05, 0) is 34.5 Å². The Balaban J connectivity index is 2.23. The zero-order chi connectivity index (χ0) is 9.97. The monoisotopic (exact) mass is 250 g/mol. The van der Waals surface area contributed by atoms with Crippen LogP contribution in [0.1, 0.15) is 11.1 Å². The van der Waals surface area contributed by atoms with Crippen molar-refractivity contribution < 1.29 is 0 Å². The summed E-state index contributed by atoms with van der Waals surface area (Å²) in [5, 5.41) is 4.21. The van der Waals surface area contributed by atoms with Crippen LogP contribution in [0.3, 0.4) is 0 Å². The van der Waals surface area contributed by atoms with Crippen molar-refractivity contribution >= 4 is 15.9 Å². The molecule has 14 heavy (non-hydrogen) atoms. The lowest BCUT2D eigenvalue weighted by atomic mass is 10.1. The molecule has 0 radical (unpaired) electrons. The molecule has 0 unspecified atom stereocenters. The van der Waals surface area contributed by atoms with E-state index < -0.39 is 0 Å². The average Bonchev–Trinajstić information content (AvgIpc) is 2.52. The van der Waals surface area contributed by atoms with Gasteiger partial charge in [0.15, 0.2) is 0 Å². The summed E-state index contributed by atoms with van der Waals surface area (Å²) in [5.41, 5.74) is 2.56. The van der Waals surface area contributed by atoms with Crippen LogP contribution in [-0.2, 0) is 6.54 Å². The molecule has 0 fully saturated rings. The fourth-order valence-electron chi connectivity index (χ4n) is 1.42. The first-order valence-electron chi connectivity index (χ1n) is 4.48. The van der Waals surface area contributed by atoms with Crippen LogP contribution in [0, 0.1) is 6.92 Å². The number of hydrogen-bond acceptors (Lipinski definition) is 1. The molecular weight excluding hydrogens is 240 g/mol. The van der Waals surface area contributed by atoms with Gasteiger partial charge in [-0.15, -0.1) is 0 Å². The van der Waals surface area contributed by atoms with E-state index in [0.29, 0.717) is 0 Å². The third kappa shape index (κ3) is 2.04. The van der Waals surface area contributed by atoms with Gasteiger partial charge in [-0.25, -0.2) is 0 Å². The maximum atomic E-state index is 4.21. The van der Waals surface area contributed by atoms with E-state index in [-0.39, 0.29) is 0 Å². The van der Waals surface area contributed by atoms with Crippen molar-refractivity contribution in [3.63, 3.8) is 0 Å². The molecule has 3 heteroatoms. The van der Waals surface area contributed by atoms with Crippen molar-refractivity contribution in [2.75, 3.05) is 0 Å². The van der Waals surface area contributed by atoms with Crippen molar-refractivity contribution in [2.24, 2.45) is 0 Å². The van der Waals surface area contributed by atoms with Gasteiger partial charge in [0.25, 0.3) is 0 Å². The number of halogens is 1. The molecule has 1 aromatic heterocycles. The highest BCUT2D eigenvalue weighted by Crippen LogP contribution is 2.11. The number of benzene rings is 1. The molecule has 2 aromatic rings. The van der Waals surface area contributed by atoms with Crippen molar-refractivity contribution in [3.8, 4) is 0 Å². The number of hydrogen-bond donors (Lipinski definition) is 0. The molecule has 0 N–H and O–H groups in total. The summed E-state index contributed by atoms with van der Waals surface area (Å²) in [7, 11) is 0. The second-order valence-electron chi connectivity index (χ2n) is 3.30. The summed E-state index contributed by atoms with van der Waals surface area (Å²) in [6.45, 7) is 2.91. The standard InChI is InChI=1S/C11H11BrN2/c1-9-3-2-4-10(7-9)8-14-11(12)5-6-13-14/h2-7H,8H2,1H3. The van der Waals surface area contributed by atoms with E-state index in [2.05, 4.69) is 52.2 Å². The van der Waals surface area contributed by atoms with Crippen molar-refractivity contribution in [3.05, 3.63) is 52.3 Å². The van der Waals surface area contributed by atoms with Crippen molar-refractivity contribution in [1.29, 1.82) is 0 Å². The minimum Gasteiger partial charge on any atom is -0.254 e. The van der Waals surface area contributed by atoms with Crippen molar-refractivity contribution in [2.45, 2.75) is 13.5 Å². The Labute approximate surface area is 91.7 Å². The molecule has 1 aromatic carbocycles. The van der Waals surface area contributed by atoms with E-state index in [1.807, 2.05) is 10.7 Å². The summed E-state index contributed by atoms with van der Waals surface area (Å²) in [6.07, 6.45) is 1.79. The third-order valence-electron chi connectivity index (χ3n) is 2.08. The molecule has 0 saturated heterocycles. The second kappa shape index (κ2) is 3.96. The smallest absolute Gasteiger partial charge is 0.104 e. The molecule has 2 rings (SSSR count). The molecule has 0 atom stereocenters. The van der Waals surface area contributed by atoms with Gasteiger partial charge in [0, 0.05) is 0 Å². The molecule has 0 aliphatic heterocycles. The van der Waals surface area contributed by atoms with Gasteiger partial charge < -0.3 is 0 Å². The highest BCUT2D eigenvalue weighted by molar-refractivity contribution is 9.10. The van der Waals surface area contributed by atoms with E-state index >= 15 is 0 Å². The van der Waals surface area contributed by atoms with Gasteiger partial charge in [-0.1, -0.05) is 29.8 Å². The van der Waals surface area contributed by atoms with Gasteiger partial charge >= 0.3 is 0 Å². The van der Waals surface area contributed by atoms with E-state index in [1.54, 1.807) is 6.20 Å². The number of nitrogens with zero attached hydrogens (tertiary/aromatic N) is 2. The third-order valence-corrected chi connectivity index (χ3v) is 2.75. The summed E-state index contributed by atoms with van der Waals surface area (Å²) in [4.78, 5) is 0. The maximum absolute atomic E-state index is 4.21. The zero-order valence-corrected chi connectivity index (χ0v) is 9.53. The van der Waals surface area contributed by atoms with Gasteiger partial charge in [0.1, 0.15) is 4.60 Å². The fourth-order valence-corrected chi connectivity index (χ4v) is 1.75. The average molecular weight is 251 g/mol. The summed E-state index contributed by atoms with van der Waals surface area (Å²) in [5.74, 6) is 0. The van der Waals surface area contributed by atoms with E-state index in [4.69, 9.17) is 0 Å². The van der Waals surface area contributed by atoms with Gasteiger partial charge in [-0.3, -0.25) is 4.68 Å². The van der Waals surface area contributed by atoms with Gasteiger partial charge in [0.05, 0.1) is 12.7 Å². The predicted octanol–water partition coefficient (Wildman–Crippen LogP) is 3.00. The van der Waals surface area contributed by atoms with Crippen LogP contribution in [0.4, 0.5) is 0 Å². The molecule has 0 saturated carbocycles. The molecule has 0 aliphatic rings. The van der Waals surface area contributed by atoms with E-state index in [9.17, 15) is 0 Å². The van der Waals surface area contributed by atoms with Crippen LogP contribution < -0.4 is 0 Å². The predicted molar refractivity (Wildman–Crippen MR) is 60.2 cm³/mol. The van der Waals surface area contributed by atoms with Crippen LogP contribution >= 0.6 is 15.9 Å². The quantitative estimate of drug-likeness (QED) is 0.802. The fraction of sp³-hybridized carbons (Fsp3) is 0.182. The number of aryl methyl sites for hydroxylation is 1. The molecule has 0 bridgehead atoms. The summed E-state index contributed by atoms with van der Waals surface area (Å²) >= 11 is 3.44. The maximum Gasteiger partial charge on any atom is 0.104 e. The topological polar surface area (TPSA) is 17.8 Å². The van der Waals surface area contributed by atoms with Crippen LogP contribution in [0.2, 0.25) is 0 Å². The molecule has 0 spiro atoms. The summed E-state index contributed by atoms with van der Waals surface area (Å²) in [6, 6.07) is 10.4. The van der Waals surface area contributed by atoms with Gasteiger partial charge in [0.2, 0.25) is 0 Å². The Morgan fingerprint density at radius 3 is 2.86 bits per heavy atom. The van der Waals surface area contributed by atoms with Crippen LogP contribution in [-0.4, -0.2) is 9.78 Å². The normalized spacial score (nSPS) is 10.4. The van der Waals surface area contributed by atoms with Crippen molar-refractivity contribution in [1.82, 2.24) is 9.78 Å². The summed E-state index contributed by atoms with van der Waals surface area (Å²) < 4.78 is 2.94. The largest absolute Gasteiger partial charge is 0.254 e. The molecule has 0 aliphatic carbocycles. The number of rotatable bonds is 2. The number of aromatic nitrogens is 2. The lowest BCUT2D eigenvalue weighted by molar-refractivity contribution is 0.671.